The Balaban J connectivity index is 2.44. The maximum absolute atomic E-state index is 12.0. The summed E-state index contributed by atoms with van der Waals surface area (Å²) >= 11 is 0. The van der Waals surface area contributed by atoms with E-state index in [0.29, 0.717) is 22.3 Å². The summed E-state index contributed by atoms with van der Waals surface area (Å²) in [6.07, 6.45) is -0.152. The molecule has 0 radical (unpaired) electrons. The number of rotatable bonds is 5. The van der Waals surface area contributed by atoms with Crippen LogP contribution >= 0.6 is 0 Å². The fourth-order valence-electron chi connectivity index (χ4n) is 2.04. The number of methoxy groups -OCH3 is 1. The molecule has 0 bridgehead atoms. The monoisotopic (exact) mass is 305 g/mol. The minimum atomic E-state index is -0.609. The molecule has 0 atom stereocenters. The van der Waals surface area contributed by atoms with E-state index < -0.39 is 17.5 Å². The first-order chi connectivity index (χ1) is 10.4. The average Bonchev–Trinajstić information content (AvgIpc) is 2.48. The quantitative estimate of drug-likeness (QED) is 0.642. The molecule has 0 aliphatic carbocycles. The van der Waals surface area contributed by atoms with Crippen molar-refractivity contribution in [1.82, 2.24) is 0 Å². The van der Waals surface area contributed by atoms with Gasteiger partial charge in [0.25, 0.3) is 5.91 Å². The van der Waals surface area contributed by atoms with Gasteiger partial charge in [0.1, 0.15) is 11.3 Å². The lowest BCUT2D eigenvalue weighted by molar-refractivity contribution is -0.139. The van der Waals surface area contributed by atoms with Crippen molar-refractivity contribution in [3.63, 3.8) is 0 Å². The van der Waals surface area contributed by atoms with E-state index >= 15 is 0 Å². The molecule has 7 nitrogen and oxygen atoms in total. The van der Waals surface area contributed by atoms with E-state index in [1.807, 2.05) is 0 Å². The minimum Gasteiger partial charge on any atom is -0.484 e. The second kappa shape index (κ2) is 6.30. The lowest BCUT2D eigenvalue weighted by Crippen LogP contribution is -2.20. The fourth-order valence-corrected chi connectivity index (χ4v) is 2.04. The lowest BCUT2D eigenvalue weighted by Gasteiger charge is -2.09. The summed E-state index contributed by atoms with van der Waals surface area (Å²) in [6.45, 7) is 1.45. The first-order valence-electron chi connectivity index (χ1n) is 6.46. The van der Waals surface area contributed by atoms with Crippen LogP contribution in [0.15, 0.2) is 27.4 Å². The smallest absolute Gasteiger partial charge is 0.340 e. The summed E-state index contributed by atoms with van der Waals surface area (Å²) in [5.41, 5.74) is 5.59. The van der Waals surface area contributed by atoms with Crippen molar-refractivity contribution in [2.45, 2.75) is 13.3 Å². The van der Waals surface area contributed by atoms with Crippen LogP contribution in [0.3, 0.4) is 0 Å². The molecule has 0 spiro atoms. The van der Waals surface area contributed by atoms with Crippen LogP contribution in [-0.2, 0) is 20.7 Å². The highest BCUT2D eigenvalue weighted by Crippen LogP contribution is 2.24. The maximum Gasteiger partial charge on any atom is 0.340 e. The van der Waals surface area contributed by atoms with Gasteiger partial charge in [-0.3, -0.25) is 9.59 Å². The van der Waals surface area contributed by atoms with E-state index in [1.165, 1.54) is 13.2 Å². The van der Waals surface area contributed by atoms with Gasteiger partial charge >= 0.3 is 11.6 Å². The van der Waals surface area contributed by atoms with E-state index in [9.17, 15) is 14.4 Å². The average molecular weight is 305 g/mol. The van der Waals surface area contributed by atoms with Gasteiger partial charge in [-0.2, -0.15) is 0 Å². The zero-order valence-electron chi connectivity index (χ0n) is 12.2. The van der Waals surface area contributed by atoms with Crippen LogP contribution in [0.1, 0.15) is 11.1 Å². The minimum absolute atomic E-state index is 0.152. The predicted octanol–water partition coefficient (Wildman–Crippen LogP) is 0.681. The highest BCUT2D eigenvalue weighted by Gasteiger charge is 2.15. The van der Waals surface area contributed by atoms with Gasteiger partial charge in [0.2, 0.25) is 0 Å². The van der Waals surface area contributed by atoms with Gasteiger partial charge in [0, 0.05) is 11.5 Å². The Bertz CT molecular complexity index is 792. The molecule has 1 aromatic heterocycles. The van der Waals surface area contributed by atoms with Gasteiger partial charge in [0.05, 0.1) is 19.1 Å². The molecule has 2 N–H and O–H groups in total. The van der Waals surface area contributed by atoms with Crippen LogP contribution in [0.25, 0.3) is 11.0 Å². The highest BCUT2D eigenvalue weighted by atomic mass is 16.5. The molecular weight excluding hydrogens is 290 g/mol. The second-order valence-corrected chi connectivity index (χ2v) is 4.66. The van der Waals surface area contributed by atoms with Crippen LogP contribution in [0.4, 0.5) is 0 Å². The van der Waals surface area contributed by atoms with Crippen LogP contribution in [0.5, 0.6) is 5.75 Å². The number of benzene rings is 1. The van der Waals surface area contributed by atoms with Crippen LogP contribution in [0, 0.1) is 6.92 Å². The Kier molecular flexibility index (Phi) is 4.45. The number of primary amides is 1. The van der Waals surface area contributed by atoms with Crippen molar-refractivity contribution >= 4 is 22.8 Å². The predicted molar refractivity (Wildman–Crippen MR) is 77.6 cm³/mol. The molecule has 0 fully saturated rings. The third-order valence-corrected chi connectivity index (χ3v) is 3.19. The Morgan fingerprint density at radius 2 is 2.05 bits per heavy atom. The van der Waals surface area contributed by atoms with Crippen molar-refractivity contribution in [3.8, 4) is 5.75 Å². The fraction of sp³-hybridized carbons (Fsp3) is 0.267. The molecular formula is C15H15NO6. The van der Waals surface area contributed by atoms with Gasteiger partial charge in [-0.05, 0) is 24.6 Å². The van der Waals surface area contributed by atoms with E-state index in [-0.39, 0.29) is 18.6 Å². The molecule has 0 unspecified atom stereocenters. The first kappa shape index (κ1) is 15.6. The van der Waals surface area contributed by atoms with Crippen molar-refractivity contribution in [1.29, 1.82) is 0 Å². The molecule has 2 aromatic rings. The summed E-state index contributed by atoms with van der Waals surface area (Å²) in [7, 11) is 1.25. The van der Waals surface area contributed by atoms with Crippen LogP contribution in [0.2, 0.25) is 0 Å². The van der Waals surface area contributed by atoms with Gasteiger partial charge in [0.15, 0.2) is 6.61 Å². The number of carbonyl (C=O) groups is 2. The van der Waals surface area contributed by atoms with Crippen molar-refractivity contribution in [2.24, 2.45) is 5.73 Å². The number of ether oxygens (including phenoxy) is 2. The third kappa shape index (κ3) is 3.25. The van der Waals surface area contributed by atoms with Crippen molar-refractivity contribution < 1.29 is 23.5 Å². The summed E-state index contributed by atoms with van der Waals surface area (Å²) < 4.78 is 14.9. The molecule has 1 aromatic carbocycles. The molecule has 0 aliphatic heterocycles. The summed E-state index contributed by atoms with van der Waals surface area (Å²) in [4.78, 5) is 34.1. The molecule has 116 valence electrons. The second-order valence-electron chi connectivity index (χ2n) is 4.66. The first-order valence-corrected chi connectivity index (χ1v) is 6.46. The zero-order chi connectivity index (χ0) is 16.3. The number of carbonyl (C=O) groups excluding carboxylic acids is 2. The molecule has 7 heteroatoms. The van der Waals surface area contributed by atoms with Gasteiger partial charge in [-0.15, -0.1) is 0 Å². The molecule has 0 saturated carbocycles. The lowest BCUT2D eigenvalue weighted by atomic mass is 10.0. The maximum atomic E-state index is 12.0. The Labute approximate surface area is 125 Å². The number of amides is 1. The highest BCUT2D eigenvalue weighted by molar-refractivity contribution is 5.84. The normalized spacial score (nSPS) is 10.5. The zero-order valence-corrected chi connectivity index (χ0v) is 12.2. The van der Waals surface area contributed by atoms with Crippen molar-refractivity contribution in [2.75, 3.05) is 13.7 Å². The Hall–Kier alpha value is -2.83. The van der Waals surface area contributed by atoms with E-state index in [1.54, 1.807) is 19.1 Å². The Morgan fingerprint density at radius 3 is 2.68 bits per heavy atom. The van der Waals surface area contributed by atoms with Crippen LogP contribution < -0.4 is 16.1 Å². The SMILES string of the molecule is COC(=O)Cc1c(C)c2ccc(OCC(N)=O)cc2oc1=O. The number of nitrogens with two attached hydrogens (primary N) is 1. The molecule has 22 heavy (non-hydrogen) atoms. The van der Waals surface area contributed by atoms with E-state index in [2.05, 4.69) is 4.74 Å². The van der Waals surface area contributed by atoms with Gasteiger partial charge < -0.3 is 19.6 Å². The van der Waals surface area contributed by atoms with Gasteiger partial charge in [-0.25, -0.2) is 4.79 Å². The molecule has 0 saturated heterocycles. The summed E-state index contributed by atoms with van der Waals surface area (Å²) in [5, 5.41) is 0.671. The number of fused-ring (bicyclic) bond motifs is 1. The van der Waals surface area contributed by atoms with Crippen molar-refractivity contribution in [3.05, 3.63) is 39.7 Å². The summed E-state index contributed by atoms with van der Waals surface area (Å²) in [5.74, 6) is -0.767. The number of hydrogen-bond donors (Lipinski definition) is 1. The summed E-state index contributed by atoms with van der Waals surface area (Å²) in [6, 6.07) is 4.81. The molecule has 1 heterocycles. The number of esters is 1. The van der Waals surface area contributed by atoms with E-state index in [4.69, 9.17) is 14.9 Å². The van der Waals surface area contributed by atoms with E-state index in [0.717, 1.165) is 0 Å². The number of hydrogen-bond acceptors (Lipinski definition) is 6. The molecule has 2 rings (SSSR count). The molecule has 0 aliphatic rings. The third-order valence-electron chi connectivity index (χ3n) is 3.19. The molecule has 1 amide bonds. The largest absolute Gasteiger partial charge is 0.484 e. The Morgan fingerprint density at radius 1 is 1.32 bits per heavy atom. The standard InChI is InChI=1S/C15H15NO6/c1-8-10-4-3-9(21-7-13(16)17)5-12(10)22-15(19)11(8)6-14(18)20-2/h3-5H,6-7H2,1-2H3,(H2,16,17). The topological polar surface area (TPSA) is 109 Å². The van der Waals surface area contributed by atoms with Gasteiger partial charge in [-0.1, -0.05) is 0 Å². The van der Waals surface area contributed by atoms with Crippen LogP contribution in [-0.4, -0.2) is 25.6 Å². The number of aryl methyl sites for hydroxylation is 1.